The highest BCUT2D eigenvalue weighted by molar-refractivity contribution is 5.88. The minimum atomic E-state index is -0.715. The number of hydrogen-bond acceptors (Lipinski definition) is 5. The number of amides is 1. The number of methoxy groups -OCH3 is 1. The molecule has 0 spiro atoms. The molecule has 1 aliphatic rings. The molecule has 1 unspecified atom stereocenters. The van der Waals surface area contributed by atoms with Gasteiger partial charge in [0.1, 0.15) is 11.3 Å². The Bertz CT molecular complexity index is 545. The van der Waals surface area contributed by atoms with Gasteiger partial charge in [0, 0.05) is 24.8 Å². The topological polar surface area (TPSA) is 73.8 Å². The number of nitrogens with zero attached hydrogens (tertiary/aromatic N) is 1. The van der Waals surface area contributed by atoms with Gasteiger partial charge in [-0.1, -0.05) is 6.42 Å². The Balaban J connectivity index is 1.81. The van der Waals surface area contributed by atoms with Crippen molar-refractivity contribution in [1.29, 1.82) is 0 Å². The highest BCUT2D eigenvalue weighted by atomic mass is 16.5. The molecule has 1 atom stereocenters. The monoisotopic (exact) mass is 349 g/mol. The Kier molecular flexibility index (Phi) is 7.08. The van der Waals surface area contributed by atoms with Crippen LogP contribution in [0.15, 0.2) is 24.3 Å². The molecule has 1 heterocycles. The van der Waals surface area contributed by atoms with Gasteiger partial charge in [0.05, 0.1) is 13.7 Å². The van der Waals surface area contributed by atoms with E-state index in [-0.39, 0.29) is 18.6 Å². The maximum absolute atomic E-state index is 12.5. The highest BCUT2D eigenvalue weighted by Gasteiger charge is 2.27. The first kappa shape index (κ1) is 19.5. The van der Waals surface area contributed by atoms with Crippen molar-refractivity contribution in [1.82, 2.24) is 10.2 Å². The Hall–Kier alpha value is -1.79. The fourth-order valence-corrected chi connectivity index (χ4v) is 3.19. The standard InChI is InChI=1S/C19H31N3O3/c1-19(2,21-15-7-9-17(25-3)10-8-15)18(24)20-11-13-22-12-5-4-6-16(22)14-23/h7-10,16,21,23H,4-6,11-14H2,1-3H3,(H,20,24). The number of rotatable bonds is 8. The Labute approximate surface area is 150 Å². The second-order valence-corrected chi connectivity index (χ2v) is 7.10. The summed E-state index contributed by atoms with van der Waals surface area (Å²) in [5.74, 6) is 0.744. The molecular weight excluding hydrogens is 318 g/mol. The SMILES string of the molecule is COc1ccc(NC(C)(C)C(=O)NCCN2CCCCC2CO)cc1. The smallest absolute Gasteiger partial charge is 0.245 e. The summed E-state index contributed by atoms with van der Waals surface area (Å²) in [6.45, 7) is 6.28. The second-order valence-electron chi connectivity index (χ2n) is 7.10. The molecule has 1 aromatic rings. The van der Waals surface area contributed by atoms with E-state index in [0.717, 1.165) is 37.4 Å². The molecule has 0 aliphatic carbocycles. The third-order valence-electron chi connectivity index (χ3n) is 4.76. The molecule has 3 N–H and O–H groups in total. The van der Waals surface area contributed by atoms with Crippen LogP contribution in [-0.2, 0) is 4.79 Å². The molecule has 1 amide bonds. The lowest BCUT2D eigenvalue weighted by atomic mass is 10.0. The van der Waals surface area contributed by atoms with E-state index in [0.29, 0.717) is 6.54 Å². The Morgan fingerprint density at radius 2 is 2.04 bits per heavy atom. The largest absolute Gasteiger partial charge is 0.497 e. The van der Waals surface area contributed by atoms with Crippen molar-refractivity contribution in [2.24, 2.45) is 0 Å². The molecule has 0 radical (unpaired) electrons. The highest BCUT2D eigenvalue weighted by Crippen LogP contribution is 2.19. The van der Waals surface area contributed by atoms with Gasteiger partial charge in [-0.15, -0.1) is 0 Å². The van der Waals surface area contributed by atoms with Crippen LogP contribution in [0.3, 0.4) is 0 Å². The molecule has 140 valence electrons. The average Bonchev–Trinajstić information content (AvgIpc) is 2.62. The number of benzene rings is 1. The third-order valence-corrected chi connectivity index (χ3v) is 4.76. The summed E-state index contributed by atoms with van der Waals surface area (Å²) in [5.41, 5.74) is 0.157. The molecular formula is C19H31N3O3. The summed E-state index contributed by atoms with van der Waals surface area (Å²) >= 11 is 0. The molecule has 2 rings (SSSR count). The summed E-state index contributed by atoms with van der Waals surface area (Å²) in [6.07, 6.45) is 3.37. The van der Waals surface area contributed by atoms with Gasteiger partial charge in [0.25, 0.3) is 0 Å². The zero-order chi connectivity index (χ0) is 18.3. The number of piperidine rings is 1. The summed E-state index contributed by atoms with van der Waals surface area (Å²) in [7, 11) is 1.63. The fraction of sp³-hybridized carbons (Fsp3) is 0.632. The first-order valence-electron chi connectivity index (χ1n) is 9.01. The molecule has 1 aliphatic heterocycles. The van der Waals surface area contributed by atoms with Crippen molar-refractivity contribution in [2.45, 2.75) is 44.7 Å². The van der Waals surface area contributed by atoms with Crippen LogP contribution in [0.5, 0.6) is 5.75 Å². The minimum Gasteiger partial charge on any atom is -0.497 e. The predicted molar refractivity (Wildman–Crippen MR) is 100 cm³/mol. The van der Waals surface area contributed by atoms with Gasteiger partial charge in [-0.2, -0.15) is 0 Å². The van der Waals surface area contributed by atoms with Crippen LogP contribution in [0.2, 0.25) is 0 Å². The third kappa shape index (κ3) is 5.61. The minimum absolute atomic E-state index is 0.0409. The molecule has 1 aromatic carbocycles. The summed E-state index contributed by atoms with van der Waals surface area (Å²) in [4.78, 5) is 14.8. The van der Waals surface area contributed by atoms with Crippen molar-refractivity contribution in [3.63, 3.8) is 0 Å². The van der Waals surface area contributed by atoms with Gasteiger partial charge in [0.2, 0.25) is 5.91 Å². The van der Waals surface area contributed by atoms with E-state index in [1.807, 2.05) is 38.1 Å². The van der Waals surface area contributed by atoms with Gasteiger partial charge in [-0.25, -0.2) is 0 Å². The quantitative estimate of drug-likeness (QED) is 0.668. The lowest BCUT2D eigenvalue weighted by Crippen LogP contribution is -2.51. The van der Waals surface area contributed by atoms with Crippen LogP contribution >= 0.6 is 0 Å². The molecule has 6 nitrogen and oxygen atoms in total. The van der Waals surface area contributed by atoms with Crippen LogP contribution in [0.25, 0.3) is 0 Å². The molecule has 0 bridgehead atoms. The van der Waals surface area contributed by atoms with Gasteiger partial charge < -0.3 is 20.5 Å². The number of carbonyl (C=O) groups is 1. The van der Waals surface area contributed by atoms with Crippen molar-refractivity contribution in [3.05, 3.63) is 24.3 Å². The van der Waals surface area contributed by atoms with E-state index in [4.69, 9.17) is 4.74 Å². The van der Waals surface area contributed by atoms with Crippen molar-refractivity contribution in [3.8, 4) is 5.75 Å². The second kappa shape index (κ2) is 9.06. The van der Waals surface area contributed by atoms with Crippen molar-refractivity contribution < 1.29 is 14.6 Å². The van der Waals surface area contributed by atoms with Crippen LogP contribution in [0, 0.1) is 0 Å². The lowest BCUT2D eigenvalue weighted by Gasteiger charge is -2.35. The molecule has 6 heteroatoms. The van der Waals surface area contributed by atoms with Crippen LogP contribution in [-0.4, -0.2) is 60.8 Å². The fourth-order valence-electron chi connectivity index (χ4n) is 3.19. The molecule has 0 saturated carbocycles. The van der Waals surface area contributed by atoms with E-state index >= 15 is 0 Å². The average molecular weight is 349 g/mol. The summed E-state index contributed by atoms with van der Waals surface area (Å²) < 4.78 is 5.15. The first-order chi connectivity index (χ1) is 12.0. The number of hydrogen-bond donors (Lipinski definition) is 3. The van der Waals surface area contributed by atoms with Crippen LogP contribution in [0.4, 0.5) is 5.69 Å². The number of likely N-dealkylation sites (tertiary alicyclic amines) is 1. The van der Waals surface area contributed by atoms with E-state index in [9.17, 15) is 9.90 Å². The lowest BCUT2D eigenvalue weighted by molar-refractivity contribution is -0.124. The number of carbonyl (C=O) groups excluding carboxylic acids is 1. The Morgan fingerprint density at radius 1 is 1.32 bits per heavy atom. The van der Waals surface area contributed by atoms with Gasteiger partial charge in [-0.05, 0) is 57.5 Å². The number of anilines is 1. The van der Waals surface area contributed by atoms with Gasteiger partial charge in [0.15, 0.2) is 0 Å². The number of aliphatic hydroxyl groups is 1. The normalized spacial score (nSPS) is 18.6. The predicted octanol–water partition coefficient (Wildman–Crippen LogP) is 1.85. The van der Waals surface area contributed by atoms with Gasteiger partial charge >= 0.3 is 0 Å². The molecule has 0 aromatic heterocycles. The Morgan fingerprint density at radius 3 is 2.68 bits per heavy atom. The number of aliphatic hydroxyl groups excluding tert-OH is 1. The maximum Gasteiger partial charge on any atom is 0.245 e. The zero-order valence-electron chi connectivity index (χ0n) is 15.5. The van der Waals surface area contributed by atoms with E-state index in [1.54, 1.807) is 7.11 Å². The number of nitrogens with one attached hydrogen (secondary N) is 2. The summed E-state index contributed by atoms with van der Waals surface area (Å²) in [5, 5.41) is 15.7. The van der Waals surface area contributed by atoms with E-state index < -0.39 is 5.54 Å². The maximum atomic E-state index is 12.5. The number of ether oxygens (including phenoxy) is 1. The summed E-state index contributed by atoms with van der Waals surface area (Å²) in [6, 6.07) is 7.75. The van der Waals surface area contributed by atoms with E-state index in [2.05, 4.69) is 15.5 Å². The molecule has 1 saturated heterocycles. The first-order valence-corrected chi connectivity index (χ1v) is 9.01. The van der Waals surface area contributed by atoms with Crippen LogP contribution < -0.4 is 15.4 Å². The van der Waals surface area contributed by atoms with Gasteiger partial charge in [-0.3, -0.25) is 9.69 Å². The van der Waals surface area contributed by atoms with Crippen LogP contribution in [0.1, 0.15) is 33.1 Å². The van der Waals surface area contributed by atoms with Crippen molar-refractivity contribution in [2.75, 3.05) is 38.7 Å². The zero-order valence-corrected chi connectivity index (χ0v) is 15.5. The van der Waals surface area contributed by atoms with Crippen molar-refractivity contribution >= 4 is 11.6 Å². The van der Waals surface area contributed by atoms with E-state index in [1.165, 1.54) is 6.42 Å². The molecule has 25 heavy (non-hydrogen) atoms. The molecule has 1 fully saturated rings.